The van der Waals surface area contributed by atoms with Gasteiger partial charge in [-0.15, -0.1) is 0 Å². The van der Waals surface area contributed by atoms with Crippen molar-refractivity contribution in [2.24, 2.45) is 23.2 Å². The standard InChI is InChI=1S/C32H47F5O3S.C21H21FN6O/c1-30-17-15-26-25-12-11-24(38)21-23(25)20-22(29(26)27(30)13-14-28(30)39)10-7-5-3-2-4-6-8-18-41(40)19-9-16-31(33,34)32(35,36)37;1-27-7-9-28(10-8-27)12-5-6-14-16(11-12)25-20(24-14)18-19(23)17-13(22)3-2-4-15(17)26-21(18)29/h11-12,21-22,26-29,38-39H,2-10,13-20H2,1H3;2-6,11H,7-10H2,1H3,(H,24,25)(H3,23,26,29)/t22-,26-,27+,28+,29-,30+,41?;/m1./s1. The lowest BCUT2D eigenvalue weighted by molar-refractivity contribution is -0.284. The second-order valence-corrected chi connectivity index (χ2v) is 22.4. The molecule has 9 rings (SSSR count). The highest BCUT2D eigenvalue weighted by Gasteiger charge is 2.57. The monoisotopic (exact) mass is 998 g/mol. The number of likely N-dealkylation sites (N-methyl/N-ethyl adjacent to an activating group) is 1. The maximum absolute atomic E-state index is 14.3. The Labute approximate surface area is 408 Å². The fourth-order valence-corrected chi connectivity index (χ4v) is 13.4. The molecule has 70 heavy (non-hydrogen) atoms. The molecule has 1 aliphatic heterocycles. The molecule has 6 N–H and O–H groups in total. The molecule has 3 aromatic carbocycles. The molecule has 10 nitrogen and oxygen atoms in total. The average molecular weight is 999 g/mol. The van der Waals surface area contributed by atoms with Gasteiger partial charge in [-0.1, -0.05) is 57.6 Å². The summed E-state index contributed by atoms with van der Waals surface area (Å²) >= 11 is 0. The van der Waals surface area contributed by atoms with Crippen molar-refractivity contribution < 1.29 is 40.8 Å². The van der Waals surface area contributed by atoms with E-state index in [1.165, 1.54) is 23.3 Å². The molecule has 1 unspecified atom stereocenters. The van der Waals surface area contributed by atoms with Gasteiger partial charge in [0.05, 0.1) is 33.7 Å². The first-order chi connectivity index (χ1) is 33.3. The van der Waals surface area contributed by atoms with Crippen molar-refractivity contribution in [3.05, 3.63) is 81.9 Å². The quantitative estimate of drug-likeness (QED) is 0.0484. The third kappa shape index (κ3) is 11.2. The molecular weight excluding hydrogens is 931 g/mol. The Morgan fingerprint density at radius 1 is 0.871 bits per heavy atom. The number of imidazole rings is 1. The molecule has 5 aromatic rings. The Morgan fingerprint density at radius 2 is 1.59 bits per heavy atom. The molecule has 0 bridgehead atoms. The van der Waals surface area contributed by atoms with Gasteiger partial charge in [-0.3, -0.25) is 9.00 Å². The number of phenolic OH excluding ortho intramolecular Hbond substituents is 1. The maximum Gasteiger partial charge on any atom is 0.453 e. The summed E-state index contributed by atoms with van der Waals surface area (Å²) in [5, 5.41) is 21.2. The average Bonchev–Trinajstić information content (AvgIpc) is 3.87. The number of nitrogens with two attached hydrogens (primary N) is 1. The molecule has 1 saturated heterocycles. The number of piperazine rings is 1. The zero-order chi connectivity index (χ0) is 50.0. The minimum absolute atomic E-state index is 0.0195. The van der Waals surface area contributed by atoms with Crippen molar-refractivity contribution in [1.29, 1.82) is 0 Å². The van der Waals surface area contributed by atoms with E-state index in [2.05, 4.69) is 44.8 Å². The van der Waals surface area contributed by atoms with E-state index in [-0.39, 0.29) is 33.9 Å². The van der Waals surface area contributed by atoms with Gasteiger partial charge in [-0.05, 0) is 141 Å². The number of benzene rings is 3. The van der Waals surface area contributed by atoms with E-state index in [1.807, 2.05) is 30.3 Å². The molecule has 7 atom stereocenters. The molecule has 0 radical (unpaired) electrons. The van der Waals surface area contributed by atoms with E-state index < -0.39 is 47.1 Å². The first kappa shape index (κ1) is 51.7. The van der Waals surface area contributed by atoms with Crippen molar-refractivity contribution in [2.45, 2.75) is 127 Å². The first-order valence-electron chi connectivity index (χ1n) is 25.2. The summed E-state index contributed by atoms with van der Waals surface area (Å²) in [5.74, 6) is -2.06. The van der Waals surface area contributed by atoms with Gasteiger partial charge in [0.2, 0.25) is 0 Å². The number of aromatic amines is 2. The van der Waals surface area contributed by atoms with Crippen LogP contribution in [0.2, 0.25) is 0 Å². The molecule has 2 saturated carbocycles. The third-order valence-electron chi connectivity index (χ3n) is 16.2. The number of nitrogens with zero attached hydrogens (tertiary/aromatic N) is 3. The lowest BCUT2D eigenvalue weighted by Gasteiger charge is -2.53. The summed E-state index contributed by atoms with van der Waals surface area (Å²) < 4.78 is 88.8. The Hall–Kier alpha value is -4.61. The Balaban J connectivity index is 0.000000199. The van der Waals surface area contributed by atoms with Crippen LogP contribution in [0.1, 0.15) is 114 Å². The second kappa shape index (κ2) is 21.6. The number of aliphatic hydroxyl groups is 1. The second-order valence-electron chi connectivity index (χ2n) is 20.7. The molecule has 382 valence electrons. The number of rotatable bonds is 16. The number of H-pyrrole nitrogens is 2. The fraction of sp³-hybridized carbons (Fsp3) is 0.585. The summed E-state index contributed by atoms with van der Waals surface area (Å²) in [6, 6.07) is 16.4. The molecular formula is C53H68F6N6O4S. The number of phenols is 1. The number of aliphatic hydroxyl groups excluding tert-OH is 1. The molecule has 2 aromatic heterocycles. The molecule has 17 heteroatoms. The predicted molar refractivity (Wildman–Crippen MR) is 266 cm³/mol. The predicted octanol–water partition coefficient (Wildman–Crippen LogP) is 11.2. The van der Waals surface area contributed by atoms with Crippen LogP contribution in [-0.4, -0.2) is 97.2 Å². The number of nitrogens with one attached hydrogen (secondary N) is 2. The van der Waals surface area contributed by atoms with Gasteiger partial charge in [0.25, 0.3) is 5.56 Å². The van der Waals surface area contributed by atoms with Crippen LogP contribution >= 0.6 is 0 Å². The van der Waals surface area contributed by atoms with Crippen LogP contribution in [0.4, 0.5) is 37.7 Å². The number of hydrogen-bond donors (Lipinski definition) is 5. The number of halogens is 6. The summed E-state index contributed by atoms with van der Waals surface area (Å²) in [6.07, 6.45) is 5.97. The van der Waals surface area contributed by atoms with Crippen molar-refractivity contribution >= 4 is 44.1 Å². The Bertz CT molecular complexity index is 2690. The smallest absolute Gasteiger partial charge is 0.453 e. The van der Waals surface area contributed by atoms with Crippen molar-refractivity contribution in [1.82, 2.24) is 19.9 Å². The summed E-state index contributed by atoms with van der Waals surface area (Å²) in [7, 11) is 0.766. The third-order valence-corrected chi connectivity index (χ3v) is 17.6. The van der Waals surface area contributed by atoms with Gasteiger partial charge in [-0.2, -0.15) is 22.0 Å². The highest BCUT2D eigenvalue weighted by molar-refractivity contribution is 7.84. The molecule has 3 heterocycles. The van der Waals surface area contributed by atoms with Crippen LogP contribution in [0, 0.1) is 29.0 Å². The fourth-order valence-electron chi connectivity index (χ4n) is 12.2. The first-order valence-corrected chi connectivity index (χ1v) is 26.7. The van der Waals surface area contributed by atoms with Crippen LogP contribution in [0.15, 0.2) is 59.4 Å². The number of aromatic nitrogens is 3. The van der Waals surface area contributed by atoms with E-state index in [0.717, 1.165) is 120 Å². The van der Waals surface area contributed by atoms with Gasteiger partial charge in [0, 0.05) is 60.6 Å². The van der Waals surface area contributed by atoms with Crippen LogP contribution in [0.25, 0.3) is 33.3 Å². The van der Waals surface area contributed by atoms with Crippen LogP contribution < -0.4 is 16.2 Å². The summed E-state index contributed by atoms with van der Waals surface area (Å²) in [5.41, 5.74) is 11.8. The number of aromatic hydroxyl groups is 1. The normalized spacial score (nSPS) is 24.2. The molecule has 0 amide bonds. The van der Waals surface area contributed by atoms with Gasteiger partial charge >= 0.3 is 12.1 Å². The summed E-state index contributed by atoms with van der Waals surface area (Å²) in [6.45, 7) is 6.25. The number of fused-ring (bicyclic) bond motifs is 7. The molecule has 3 aliphatic carbocycles. The zero-order valence-electron chi connectivity index (χ0n) is 40.2. The largest absolute Gasteiger partial charge is 0.508 e. The molecule has 0 spiro atoms. The lowest BCUT2D eigenvalue weighted by atomic mass is 9.52. The highest BCUT2D eigenvalue weighted by atomic mass is 32.2. The number of pyridine rings is 1. The maximum atomic E-state index is 14.3. The van der Waals surface area contributed by atoms with E-state index in [9.17, 15) is 45.6 Å². The van der Waals surface area contributed by atoms with Crippen molar-refractivity contribution in [2.75, 3.05) is 55.4 Å². The van der Waals surface area contributed by atoms with Gasteiger partial charge in [-0.25, -0.2) is 9.37 Å². The minimum atomic E-state index is -5.54. The summed E-state index contributed by atoms with van der Waals surface area (Å²) in [4.78, 5) is 27.7. The van der Waals surface area contributed by atoms with E-state index >= 15 is 0 Å². The van der Waals surface area contributed by atoms with Crippen LogP contribution in [0.3, 0.4) is 0 Å². The highest BCUT2D eigenvalue weighted by Crippen LogP contribution is 2.63. The number of alkyl halides is 5. The number of nitrogen functional groups attached to an aromatic ring is 1. The lowest BCUT2D eigenvalue weighted by Crippen LogP contribution is -2.47. The van der Waals surface area contributed by atoms with Gasteiger partial charge in [0.15, 0.2) is 0 Å². The number of hydrogen-bond acceptors (Lipinski definition) is 8. The molecule has 4 aliphatic rings. The minimum Gasteiger partial charge on any atom is -0.508 e. The van der Waals surface area contributed by atoms with E-state index in [0.29, 0.717) is 52.9 Å². The van der Waals surface area contributed by atoms with E-state index in [4.69, 9.17) is 5.73 Å². The SMILES string of the molecule is CN1CCN(c2ccc3nc(-c4c(N)c5c(F)cccc5[nH]c4=O)[nH]c3c2)CC1.C[C@]12CC[C@@H]3c4ccc(O)cc4C[C@@H](CCCCCCCCCS(=O)CCCC(F)(F)C(F)(F)F)[C@H]3[C@@H]1CC[C@@H]2O. The van der Waals surface area contributed by atoms with Crippen LogP contribution in [-0.2, 0) is 17.2 Å². The van der Waals surface area contributed by atoms with Gasteiger partial charge in [0.1, 0.15) is 23.0 Å². The topological polar surface area (TPSA) is 152 Å². The molecule has 3 fully saturated rings. The zero-order valence-corrected chi connectivity index (χ0v) is 41.1. The van der Waals surface area contributed by atoms with E-state index in [1.54, 1.807) is 6.07 Å². The van der Waals surface area contributed by atoms with Crippen molar-refractivity contribution in [3.63, 3.8) is 0 Å². The number of unbranched alkanes of at least 4 members (excludes halogenated alkanes) is 6. The number of anilines is 2. The Kier molecular flexibility index (Phi) is 16.0. The Morgan fingerprint density at radius 3 is 2.33 bits per heavy atom. The van der Waals surface area contributed by atoms with Crippen molar-refractivity contribution in [3.8, 4) is 17.1 Å². The van der Waals surface area contributed by atoms with Gasteiger partial charge < -0.3 is 35.7 Å². The van der Waals surface area contributed by atoms with Crippen LogP contribution in [0.5, 0.6) is 5.75 Å².